The summed E-state index contributed by atoms with van der Waals surface area (Å²) in [4.78, 5) is 12.0. The molecule has 0 saturated carbocycles. The third-order valence-corrected chi connectivity index (χ3v) is 7.24. The van der Waals surface area contributed by atoms with Gasteiger partial charge in [0.25, 0.3) is 0 Å². The van der Waals surface area contributed by atoms with Gasteiger partial charge in [-0.3, -0.25) is 8.42 Å². The number of benzene rings is 1. The van der Waals surface area contributed by atoms with Crippen molar-refractivity contribution in [2.24, 2.45) is 0 Å². The maximum Gasteiger partial charge on any atom is 0.421 e. The molecule has 0 bridgehead atoms. The van der Waals surface area contributed by atoms with Crippen molar-refractivity contribution in [3.8, 4) is 0 Å². The Bertz CT molecular complexity index is 574. The van der Waals surface area contributed by atoms with Crippen molar-refractivity contribution in [2.75, 3.05) is 18.3 Å². The van der Waals surface area contributed by atoms with Crippen LogP contribution < -0.4 is 0 Å². The van der Waals surface area contributed by atoms with E-state index in [0.29, 0.717) is 6.42 Å². The minimum Gasteiger partial charge on any atom is -0.299 e. The zero-order chi connectivity index (χ0) is 16.1. The predicted molar refractivity (Wildman–Crippen MR) is 89.8 cm³/mol. The molecule has 0 spiro atoms. The predicted octanol–water partition coefficient (Wildman–Crippen LogP) is 3.52. The smallest absolute Gasteiger partial charge is 0.299 e. The average molecular weight is 333 g/mol. The summed E-state index contributed by atoms with van der Waals surface area (Å²) in [6.07, 6.45) is 5.84. The monoisotopic (exact) mass is 333 g/mol. The van der Waals surface area contributed by atoms with Crippen molar-refractivity contribution in [2.45, 2.75) is 38.0 Å². The molecular weight excluding hydrogens is 308 g/mol. The fourth-order valence-electron chi connectivity index (χ4n) is 1.89. The molecule has 0 radical (unpaired) electrons. The summed E-state index contributed by atoms with van der Waals surface area (Å²) in [7, 11) is -5.53. The summed E-state index contributed by atoms with van der Waals surface area (Å²) < 4.78 is 28.6. The molecule has 1 aromatic carbocycles. The van der Waals surface area contributed by atoms with Crippen LogP contribution in [0.5, 0.6) is 0 Å². The summed E-state index contributed by atoms with van der Waals surface area (Å²) in [6, 6.07) is 6.61. The van der Waals surface area contributed by atoms with Crippen molar-refractivity contribution >= 4 is 26.2 Å². The van der Waals surface area contributed by atoms with Gasteiger partial charge in [-0.15, -0.1) is 8.42 Å². The fourth-order valence-corrected chi connectivity index (χ4v) is 5.98. The molecule has 0 aliphatic carbocycles. The molecule has 1 N–H and O–H groups in total. The Morgan fingerprint density at radius 1 is 1.14 bits per heavy atom. The van der Waals surface area contributed by atoms with Crippen molar-refractivity contribution in [1.82, 2.24) is 0 Å². The van der Waals surface area contributed by atoms with E-state index in [1.54, 1.807) is 36.8 Å². The van der Waals surface area contributed by atoms with Gasteiger partial charge >= 0.3 is 10.1 Å². The molecule has 0 atom stereocenters. The molecule has 0 aromatic heterocycles. The van der Waals surface area contributed by atoms with Crippen LogP contribution in [0.25, 0.3) is 0 Å². The maximum absolute atomic E-state index is 12.3. The van der Waals surface area contributed by atoms with E-state index in [1.807, 2.05) is 13.8 Å². The number of ketones is 1. The van der Waals surface area contributed by atoms with Gasteiger partial charge in [-0.05, 0) is 35.8 Å². The van der Waals surface area contributed by atoms with Crippen LogP contribution in [0.4, 0.5) is 0 Å². The first-order chi connectivity index (χ1) is 9.66. The van der Waals surface area contributed by atoms with Crippen LogP contribution in [0.15, 0.2) is 29.2 Å². The maximum atomic E-state index is 12.3. The zero-order valence-corrected chi connectivity index (χ0v) is 14.8. The first kappa shape index (κ1) is 18.2. The Hall–Kier alpha value is -0.850. The zero-order valence-electron chi connectivity index (χ0n) is 13.1. The van der Waals surface area contributed by atoms with Crippen LogP contribution in [0.2, 0.25) is 0 Å². The first-order valence-electron chi connectivity index (χ1n) is 6.95. The lowest BCUT2D eigenvalue weighted by Gasteiger charge is -2.24. The molecular formula is C15H25O4S2+. The highest BCUT2D eigenvalue weighted by atomic mass is 32.3. The minimum absolute atomic E-state index is 0.0970. The van der Waals surface area contributed by atoms with E-state index in [1.165, 1.54) is 0 Å². The quantitative estimate of drug-likeness (QED) is 0.540. The standard InChI is InChI=1S/C15H24O4S2/c1-5-6-7-14(16)12-20(3,4)19-21(17,18)15-10-8-13(2)9-11-15/h8-11H,5-7,12H2,1-4H3/p+1. The number of aryl methyl sites for hydroxylation is 1. The molecule has 0 aliphatic rings. The normalized spacial score (nSPS) is 13.1. The van der Waals surface area contributed by atoms with Crippen molar-refractivity contribution < 1.29 is 16.8 Å². The number of carbonyl (C=O) groups is 1. The summed E-state index contributed by atoms with van der Waals surface area (Å²) in [6.45, 7) is 3.92. The molecule has 0 amide bonds. The molecule has 1 aromatic rings. The van der Waals surface area contributed by atoms with E-state index in [0.717, 1.165) is 18.4 Å². The Morgan fingerprint density at radius 2 is 1.71 bits per heavy atom. The summed E-state index contributed by atoms with van der Waals surface area (Å²) in [5.41, 5.74) is 0.996. The second-order valence-electron chi connectivity index (χ2n) is 5.63. The first-order valence-corrected chi connectivity index (χ1v) is 11.0. The summed E-state index contributed by atoms with van der Waals surface area (Å²) in [5.74, 6) is 0.331. The number of Topliss-reactive ketones (excluding diaryl/α,β-unsaturated/α-hetero) is 1. The Balaban J connectivity index is 2.77. The van der Waals surface area contributed by atoms with Crippen LogP contribution in [0, 0.1) is 6.92 Å². The molecule has 6 heteroatoms. The largest absolute Gasteiger partial charge is 0.421 e. The van der Waals surface area contributed by atoms with Gasteiger partial charge in [0.2, 0.25) is 0 Å². The lowest BCUT2D eigenvalue weighted by atomic mass is 10.2. The van der Waals surface area contributed by atoms with Crippen LogP contribution in [-0.2, 0) is 14.9 Å². The van der Waals surface area contributed by atoms with Gasteiger partial charge in [0.15, 0.2) is 0 Å². The van der Waals surface area contributed by atoms with Gasteiger partial charge in [-0.1, -0.05) is 31.0 Å². The lowest BCUT2D eigenvalue weighted by molar-refractivity contribution is -0.116. The van der Waals surface area contributed by atoms with Crippen LogP contribution in [-0.4, -0.2) is 36.1 Å². The molecule has 21 heavy (non-hydrogen) atoms. The van der Waals surface area contributed by atoms with Crippen LogP contribution >= 0.6 is 10.3 Å². The number of hydrogen-bond donors (Lipinski definition) is 0. The number of rotatable bonds is 8. The second kappa shape index (κ2) is 7.42. The van der Waals surface area contributed by atoms with Gasteiger partial charge in [0, 0.05) is 18.9 Å². The Morgan fingerprint density at radius 3 is 2.24 bits per heavy atom. The number of carbonyl (C=O) groups excluding carboxylic acids is 1. The second-order valence-corrected chi connectivity index (χ2v) is 10.9. The highest BCUT2D eigenvalue weighted by Crippen LogP contribution is 2.41. The Kier molecular flexibility index (Phi) is 6.43. The summed E-state index contributed by atoms with van der Waals surface area (Å²) in [5, 5.41) is 0. The van der Waals surface area contributed by atoms with Crippen molar-refractivity contribution in [3.63, 3.8) is 0 Å². The van der Waals surface area contributed by atoms with Gasteiger partial charge < -0.3 is 0 Å². The van der Waals surface area contributed by atoms with Gasteiger partial charge in [0.1, 0.15) is 10.7 Å². The van der Waals surface area contributed by atoms with Crippen LogP contribution in [0.1, 0.15) is 31.7 Å². The van der Waals surface area contributed by atoms with Gasteiger partial charge in [0.05, 0.1) is 5.75 Å². The fraction of sp³-hybridized carbons (Fsp3) is 0.533. The van der Waals surface area contributed by atoms with E-state index < -0.39 is 20.4 Å². The van der Waals surface area contributed by atoms with E-state index >= 15 is 0 Å². The molecule has 0 heterocycles. The highest BCUT2D eigenvalue weighted by Gasteiger charge is 2.31. The van der Waals surface area contributed by atoms with E-state index in [9.17, 15) is 13.2 Å². The molecule has 1 rings (SSSR count). The van der Waals surface area contributed by atoms with E-state index in [2.05, 4.69) is 3.63 Å². The molecule has 0 unspecified atom stereocenters. The minimum atomic E-state index is -3.69. The lowest BCUT2D eigenvalue weighted by Crippen LogP contribution is -2.21. The highest BCUT2D eigenvalue weighted by molar-refractivity contribution is 8.31. The SMILES string of the molecule is CCCCC(=O)CS(C)(C)[OH+]S(=O)(=O)c1ccc(C)cc1. The number of unbranched alkanes of at least 4 members (excludes halogenated alkanes) is 1. The Labute approximate surface area is 129 Å². The molecule has 120 valence electrons. The third kappa shape index (κ3) is 6.20. The van der Waals surface area contributed by atoms with E-state index in [-0.39, 0.29) is 16.4 Å². The molecule has 0 fully saturated rings. The summed E-state index contributed by atoms with van der Waals surface area (Å²) >= 11 is 0. The van der Waals surface area contributed by atoms with Crippen molar-refractivity contribution in [1.29, 1.82) is 0 Å². The van der Waals surface area contributed by atoms with Crippen molar-refractivity contribution in [3.05, 3.63) is 29.8 Å². The van der Waals surface area contributed by atoms with Gasteiger partial charge in [-0.25, -0.2) is 0 Å². The molecule has 0 saturated heterocycles. The average Bonchev–Trinajstić information content (AvgIpc) is 2.34. The molecule has 0 aliphatic heterocycles. The number of hydrogen-bond acceptors (Lipinski definition) is 3. The van der Waals surface area contributed by atoms with Crippen LogP contribution in [0.3, 0.4) is 0 Å². The topological polar surface area (TPSA) is 64.0 Å². The van der Waals surface area contributed by atoms with E-state index in [4.69, 9.17) is 0 Å². The molecule has 4 nitrogen and oxygen atoms in total. The van der Waals surface area contributed by atoms with Gasteiger partial charge in [-0.2, -0.15) is 0 Å². The third-order valence-electron chi connectivity index (χ3n) is 2.94.